The Bertz CT molecular complexity index is 1650. The van der Waals surface area contributed by atoms with Crippen molar-refractivity contribution >= 4 is 53.4 Å². The second kappa shape index (κ2) is 16.9. The van der Waals surface area contributed by atoms with Crippen molar-refractivity contribution in [3.8, 4) is 22.3 Å². The van der Waals surface area contributed by atoms with Crippen LogP contribution in [0.15, 0.2) is 109 Å². The van der Waals surface area contributed by atoms with Gasteiger partial charge in [-0.3, -0.25) is 4.98 Å². The zero-order chi connectivity index (χ0) is 25.8. The first-order valence-corrected chi connectivity index (χ1v) is 16.7. The van der Waals surface area contributed by atoms with Crippen LogP contribution < -0.4 is 0 Å². The third-order valence-corrected chi connectivity index (χ3v) is 6.96. The van der Waals surface area contributed by atoms with Crippen molar-refractivity contribution in [3.63, 3.8) is 0 Å². The van der Waals surface area contributed by atoms with Crippen LogP contribution in [0.3, 0.4) is 0 Å². The van der Waals surface area contributed by atoms with Crippen LogP contribution in [-0.2, 0) is 29.8 Å². The number of aromatic nitrogens is 1. The van der Waals surface area contributed by atoms with E-state index in [1.54, 1.807) is 0 Å². The Balaban J connectivity index is 0.000000385. The monoisotopic (exact) mass is 669 g/mol. The van der Waals surface area contributed by atoms with Gasteiger partial charge in [0.2, 0.25) is 0 Å². The molecule has 0 saturated heterocycles. The van der Waals surface area contributed by atoms with E-state index in [9.17, 15) is 0 Å². The number of para-hydroxylation sites is 1. The first-order chi connectivity index (χ1) is 18.2. The van der Waals surface area contributed by atoms with Crippen molar-refractivity contribution < 1.29 is 23.3 Å². The number of pyridine rings is 1. The van der Waals surface area contributed by atoms with E-state index >= 15 is 0 Å². The molecule has 5 aromatic carbocycles. The van der Waals surface area contributed by atoms with E-state index < -0.39 is 0 Å². The molecule has 0 saturated carbocycles. The van der Waals surface area contributed by atoms with E-state index in [1.807, 2.05) is 18.3 Å². The molecule has 2 radical (unpaired) electrons. The van der Waals surface area contributed by atoms with E-state index in [1.165, 1.54) is 78.4 Å². The zero-order valence-electron chi connectivity index (χ0n) is 23.9. The predicted octanol–water partition coefficient (Wildman–Crippen LogP) is 10.3. The van der Waals surface area contributed by atoms with Gasteiger partial charge in [0.15, 0.2) is 0 Å². The van der Waals surface area contributed by atoms with Crippen molar-refractivity contribution in [2.24, 2.45) is 0 Å². The van der Waals surface area contributed by atoms with Gasteiger partial charge in [-0.15, -0.1) is 64.9 Å². The molecule has 0 amide bonds. The molecule has 1 aromatic heterocycles. The fraction of sp³-hybridized carbons (Fsp3) is 0.111. The number of halogens is 2. The first kappa shape index (κ1) is 36.6. The fourth-order valence-electron chi connectivity index (χ4n) is 5.06. The number of hydrogen-bond acceptors (Lipinski definition) is 1. The Morgan fingerprint density at radius 2 is 1.49 bits per heavy atom. The molecule has 0 unspecified atom stereocenters. The van der Waals surface area contributed by atoms with E-state index in [0.717, 1.165) is 11.9 Å². The average molecular weight is 672 g/mol. The minimum Gasteiger partial charge on any atom is -0.179 e. The number of benzene rings is 4. The normalized spacial score (nSPS) is 10.2. The summed E-state index contributed by atoms with van der Waals surface area (Å²) < 4.78 is 0. The summed E-state index contributed by atoms with van der Waals surface area (Å²) in [5.41, 5.74) is 10.4. The summed E-state index contributed by atoms with van der Waals surface area (Å²) in [6, 6.07) is 39.8. The second-order valence-corrected chi connectivity index (χ2v) is 9.56. The summed E-state index contributed by atoms with van der Waals surface area (Å²) in [7, 11) is 0. The Morgan fingerprint density at radius 3 is 2.27 bits per heavy atom. The van der Waals surface area contributed by atoms with Crippen molar-refractivity contribution in [1.29, 1.82) is 0 Å². The molecule has 0 atom stereocenters. The minimum atomic E-state index is 0. The molecule has 0 bridgehead atoms. The molecule has 0 aliphatic heterocycles. The molecule has 5 heteroatoms. The van der Waals surface area contributed by atoms with E-state index in [0.29, 0.717) is 5.92 Å². The van der Waals surface area contributed by atoms with Crippen molar-refractivity contribution in [2.75, 3.05) is 0 Å². The molecule has 1 aliphatic carbocycles. The van der Waals surface area contributed by atoms with Crippen molar-refractivity contribution in [1.82, 2.24) is 4.98 Å². The van der Waals surface area contributed by atoms with Gasteiger partial charge >= 0.3 is 30.2 Å². The number of nitrogens with zero attached hydrogens (tertiary/aromatic N) is 1. The Morgan fingerprint density at radius 1 is 0.805 bits per heavy atom. The number of fused-ring (bicyclic) bond motifs is 5. The van der Waals surface area contributed by atoms with Gasteiger partial charge in [0, 0.05) is 11.6 Å². The smallest absolute Gasteiger partial charge is 0.0253 e. The molecule has 1 aliphatic rings. The van der Waals surface area contributed by atoms with Crippen LogP contribution >= 0.6 is 24.8 Å². The molecule has 41 heavy (non-hydrogen) atoms. The SMILES string of the molecule is CC(C)c1cc2c(-c3cnc4ccccc4c3)cccc2[cH-]1.Cl.Cl.[CH3-].[CH3-].[Si]=[Zr].[c-]1cccc2c1Cc1ccccc1-2. The van der Waals surface area contributed by atoms with Gasteiger partial charge in [-0.2, -0.15) is 35.9 Å². The quantitative estimate of drug-likeness (QED) is 0.132. The zero-order valence-corrected chi connectivity index (χ0v) is 29.0. The van der Waals surface area contributed by atoms with Crippen LogP contribution in [0.2, 0.25) is 0 Å². The van der Waals surface area contributed by atoms with Gasteiger partial charge < -0.3 is 14.9 Å². The third kappa shape index (κ3) is 7.90. The van der Waals surface area contributed by atoms with Gasteiger partial charge in [0.05, 0.1) is 5.52 Å². The minimum absolute atomic E-state index is 0. The molecule has 0 fully saturated rings. The molecular weight excluding hydrogens is 637 g/mol. The maximum absolute atomic E-state index is 4.61. The van der Waals surface area contributed by atoms with Crippen molar-refractivity contribution in [3.05, 3.63) is 147 Å². The third-order valence-electron chi connectivity index (χ3n) is 6.96. The topological polar surface area (TPSA) is 12.9 Å². The number of hydrogen-bond donors (Lipinski definition) is 0. The van der Waals surface area contributed by atoms with Gasteiger partial charge in [-0.1, -0.05) is 79.1 Å². The Kier molecular flexibility index (Phi) is 15.1. The van der Waals surface area contributed by atoms with E-state index in [-0.39, 0.29) is 39.7 Å². The van der Waals surface area contributed by atoms with Crippen LogP contribution in [0, 0.1) is 20.9 Å². The summed E-state index contributed by atoms with van der Waals surface area (Å²) in [6.45, 7) is 7.55. The largest absolute Gasteiger partial charge is 0.179 e. The molecule has 0 N–H and O–H groups in total. The predicted molar refractivity (Wildman–Crippen MR) is 181 cm³/mol. The summed E-state index contributed by atoms with van der Waals surface area (Å²) >= 11 is 1.36. The van der Waals surface area contributed by atoms with E-state index in [2.05, 4.69) is 123 Å². The van der Waals surface area contributed by atoms with Gasteiger partial charge in [-0.05, 0) is 30.0 Å². The number of rotatable bonds is 2. The second-order valence-electron chi connectivity index (χ2n) is 9.56. The molecule has 7 rings (SSSR count). The maximum atomic E-state index is 4.61. The average Bonchev–Trinajstić information content (AvgIpc) is 3.56. The van der Waals surface area contributed by atoms with Gasteiger partial charge in [-0.25, -0.2) is 0 Å². The molecule has 1 nitrogen and oxygen atoms in total. The van der Waals surface area contributed by atoms with Gasteiger partial charge in [0.1, 0.15) is 0 Å². The standard InChI is InChI=1S/C21H18N.C13H9.2CH3.2ClH.Si.Zr/c1-14(2)17-10-15-7-5-8-19(20(15)12-17)18-11-16-6-3-4-9-21(16)22-13-18;1-3-7-12-10(5-1)9-11-6-2-4-8-13(11)12;;;;;;/h3-14H,1-2H3;1-5,7-8H,9H2;2*1H3;2*1H;;/q4*-1;;;;. The van der Waals surface area contributed by atoms with Crippen LogP contribution in [0.1, 0.15) is 36.5 Å². The Hall–Kier alpha value is -2.42. The van der Waals surface area contributed by atoms with Crippen LogP contribution in [0.4, 0.5) is 0 Å². The molecule has 1 heterocycles. The van der Waals surface area contributed by atoms with Crippen LogP contribution in [-0.4, -0.2) is 11.9 Å². The first-order valence-electron chi connectivity index (χ1n) is 12.5. The summed E-state index contributed by atoms with van der Waals surface area (Å²) in [5, 5.41) is 3.82. The Labute approximate surface area is 275 Å². The van der Waals surface area contributed by atoms with Crippen molar-refractivity contribution in [2.45, 2.75) is 26.2 Å². The van der Waals surface area contributed by atoms with Crippen LogP contribution in [0.25, 0.3) is 43.9 Å². The molecular formula is C36H35Cl2NSiZr-4. The molecule has 210 valence electrons. The molecule has 0 spiro atoms. The molecule has 6 aromatic rings. The summed E-state index contributed by atoms with van der Waals surface area (Å²) in [4.78, 5) is 4.61. The van der Waals surface area contributed by atoms with Gasteiger partial charge in [0.25, 0.3) is 0 Å². The maximum Gasteiger partial charge on any atom is -0.0253 e. The van der Waals surface area contributed by atoms with Crippen LogP contribution in [0.5, 0.6) is 0 Å². The summed E-state index contributed by atoms with van der Waals surface area (Å²) in [6.07, 6.45) is 3.03. The fourth-order valence-corrected chi connectivity index (χ4v) is 5.06. The van der Waals surface area contributed by atoms with E-state index in [4.69, 9.17) is 0 Å². The summed E-state index contributed by atoms with van der Waals surface area (Å²) in [5.74, 6) is 0.551.